The van der Waals surface area contributed by atoms with Crippen molar-refractivity contribution in [1.29, 1.82) is 0 Å². The van der Waals surface area contributed by atoms with Crippen LogP contribution in [0.15, 0.2) is 12.2 Å². The molecule has 0 heterocycles. The summed E-state index contributed by atoms with van der Waals surface area (Å²) in [6.45, 7) is 1.76. The largest absolute Gasteiger partial charge is 0.115 e. The number of terminal acetylenes is 1. The smallest absolute Gasteiger partial charge is 0.00235 e. The van der Waals surface area contributed by atoms with Crippen LogP contribution in [0.25, 0.3) is 0 Å². The summed E-state index contributed by atoms with van der Waals surface area (Å²) < 4.78 is 0. The average molecular weight is 90.1 g/mol. The van der Waals surface area contributed by atoms with Gasteiger partial charge in [0.2, 0.25) is 0 Å². The molecule has 0 aliphatic heterocycles. The molecule has 0 N–H and O–H groups in total. The van der Waals surface area contributed by atoms with E-state index in [1.807, 2.05) is 0 Å². The van der Waals surface area contributed by atoms with Crippen molar-refractivity contribution in [3.8, 4) is 24.2 Å². The molecule has 0 heteroatoms. The molecule has 0 aliphatic carbocycles. The van der Waals surface area contributed by atoms with Crippen LogP contribution < -0.4 is 0 Å². The topological polar surface area (TPSA) is 0 Å². The monoisotopic (exact) mass is 90.0 g/mol. The van der Waals surface area contributed by atoms with Gasteiger partial charge in [-0.15, -0.1) is 12.3 Å². The van der Waals surface area contributed by atoms with Crippen LogP contribution >= 0.6 is 0 Å². The molecule has 0 bridgehead atoms. The van der Waals surface area contributed by atoms with Gasteiger partial charge in [0.1, 0.15) is 0 Å². The molecule has 0 spiro atoms. The third-order valence-corrected chi connectivity index (χ3v) is 0.407. The lowest BCUT2D eigenvalue weighted by Crippen LogP contribution is -1.45. The Morgan fingerprint density at radius 1 is 1.43 bits per heavy atom. The molecule has 0 unspecified atom stereocenters. The van der Waals surface area contributed by atoms with Crippen molar-refractivity contribution in [3.63, 3.8) is 0 Å². The Balaban J connectivity index is 3.47. The van der Waals surface area contributed by atoms with Gasteiger partial charge in [0.05, 0.1) is 0 Å². The van der Waals surface area contributed by atoms with E-state index in [2.05, 4.69) is 17.8 Å². The second kappa shape index (κ2) is 4.86. The van der Waals surface area contributed by atoms with Crippen LogP contribution in [-0.2, 0) is 0 Å². The molecule has 0 radical (unpaired) electrons. The van der Waals surface area contributed by atoms with Gasteiger partial charge in [-0.05, 0) is 19.1 Å². The Morgan fingerprint density at radius 2 is 2.14 bits per heavy atom. The Morgan fingerprint density at radius 3 is 2.57 bits per heavy atom. The maximum Gasteiger partial charge on any atom is -0.00235 e. The third-order valence-electron chi connectivity index (χ3n) is 0.407. The van der Waals surface area contributed by atoms with E-state index >= 15 is 0 Å². The summed E-state index contributed by atoms with van der Waals surface area (Å²) in [5.74, 6) is 7.67. The van der Waals surface area contributed by atoms with Crippen molar-refractivity contribution in [2.45, 2.75) is 6.92 Å². The second-order valence-corrected chi connectivity index (χ2v) is 0.894. The summed E-state index contributed by atoms with van der Waals surface area (Å²) in [5, 5.41) is 0. The molecule has 0 amide bonds. The predicted octanol–water partition coefficient (Wildman–Crippen LogP) is 1.20. The van der Waals surface area contributed by atoms with Gasteiger partial charge in [-0.25, -0.2) is 0 Å². The standard InChI is InChI=1S/C7H6/c1-3-5-7-6-4-2/h1,5,7H,2H3/b7-5+. The molecule has 0 aromatic carbocycles. The summed E-state index contributed by atoms with van der Waals surface area (Å²) >= 11 is 0. The Bertz CT molecular complexity index is 145. The quantitative estimate of drug-likeness (QED) is 0.392. The lowest BCUT2D eigenvalue weighted by Gasteiger charge is -1.57. The van der Waals surface area contributed by atoms with E-state index in [9.17, 15) is 0 Å². The van der Waals surface area contributed by atoms with Crippen molar-refractivity contribution < 1.29 is 0 Å². The zero-order chi connectivity index (χ0) is 5.54. The van der Waals surface area contributed by atoms with E-state index < -0.39 is 0 Å². The van der Waals surface area contributed by atoms with E-state index in [0.29, 0.717) is 0 Å². The molecule has 0 nitrogen and oxygen atoms in total. The Kier molecular flexibility index (Phi) is 4.07. The van der Waals surface area contributed by atoms with Crippen LogP contribution in [-0.4, -0.2) is 0 Å². The Labute approximate surface area is 44.2 Å². The minimum absolute atomic E-state index is 1.57. The van der Waals surface area contributed by atoms with Gasteiger partial charge in [0.15, 0.2) is 0 Å². The second-order valence-electron chi connectivity index (χ2n) is 0.894. The zero-order valence-electron chi connectivity index (χ0n) is 4.23. The van der Waals surface area contributed by atoms with E-state index in [-0.39, 0.29) is 0 Å². The summed E-state index contributed by atoms with van der Waals surface area (Å²) in [4.78, 5) is 0. The number of allylic oxidation sites excluding steroid dienone is 2. The predicted molar refractivity (Wildman–Crippen MR) is 31.4 cm³/mol. The van der Waals surface area contributed by atoms with Crippen LogP contribution in [0.2, 0.25) is 0 Å². The van der Waals surface area contributed by atoms with Crippen molar-refractivity contribution in [2.75, 3.05) is 0 Å². The first kappa shape index (κ1) is 5.86. The van der Waals surface area contributed by atoms with Crippen LogP contribution in [0.5, 0.6) is 0 Å². The number of hydrogen-bond donors (Lipinski definition) is 0. The van der Waals surface area contributed by atoms with E-state index in [0.717, 1.165) is 0 Å². The van der Waals surface area contributed by atoms with Crippen LogP contribution in [0.4, 0.5) is 0 Å². The molecule has 0 atom stereocenters. The average Bonchev–Trinajstić information content (AvgIpc) is 1.69. The molecule has 34 valence electrons. The van der Waals surface area contributed by atoms with Gasteiger partial charge < -0.3 is 0 Å². The molecule has 0 aromatic heterocycles. The lowest BCUT2D eigenvalue weighted by atomic mass is 10.5. The molecule has 0 aliphatic rings. The molecule has 0 aromatic rings. The maximum absolute atomic E-state index is 4.86. The van der Waals surface area contributed by atoms with Crippen molar-refractivity contribution in [1.82, 2.24) is 0 Å². The lowest BCUT2D eigenvalue weighted by molar-refractivity contribution is 1.91. The maximum atomic E-state index is 4.86. The molecule has 7 heavy (non-hydrogen) atoms. The molecular formula is C7H6. The fraction of sp³-hybridized carbons (Fsp3) is 0.143. The fourth-order valence-electron chi connectivity index (χ4n) is 0.173. The molecule has 0 saturated heterocycles. The highest BCUT2D eigenvalue weighted by molar-refractivity contribution is 5.21. The fourth-order valence-corrected chi connectivity index (χ4v) is 0.173. The first-order valence-corrected chi connectivity index (χ1v) is 1.95. The van der Waals surface area contributed by atoms with Gasteiger partial charge >= 0.3 is 0 Å². The summed E-state index contributed by atoms with van der Waals surface area (Å²) in [6.07, 6.45) is 8.07. The number of hydrogen-bond acceptors (Lipinski definition) is 0. The zero-order valence-corrected chi connectivity index (χ0v) is 4.23. The van der Waals surface area contributed by atoms with Gasteiger partial charge in [0, 0.05) is 0 Å². The SMILES string of the molecule is C#C/C=C/C#CC. The van der Waals surface area contributed by atoms with Crippen molar-refractivity contribution in [2.24, 2.45) is 0 Å². The van der Waals surface area contributed by atoms with Gasteiger partial charge in [-0.2, -0.15) is 0 Å². The highest BCUT2D eigenvalue weighted by Gasteiger charge is 1.49. The normalized spacial score (nSPS) is 6.86. The molecule has 0 fully saturated rings. The van der Waals surface area contributed by atoms with Gasteiger partial charge in [-0.1, -0.05) is 11.8 Å². The number of rotatable bonds is 0. The van der Waals surface area contributed by atoms with Gasteiger partial charge in [-0.3, -0.25) is 0 Å². The van der Waals surface area contributed by atoms with Crippen LogP contribution in [0.1, 0.15) is 6.92 Å². The van der Waals surface area contributed by atoms with Crippen molar-refractivity contribution >= 4 is 0 Å². The summed E-state index contributed by atoms with van der Waals surface area (Å²) in [7, 11) is 0. The molecule has 0 rings (SSSR count). The minimum Gasteiger partial charge on any atom is -0.115 e. The Hall–Kier alpha value is -1.14. The molecule has 0 saturated carbocycles. The van der Waals surface area contributed by atoms with Gasteiger partial charge in [0.25, 0.3) is 0 Å². The third kappa shape index (κ3) is 4.86. The first-order chi connectivity index (χ1) is 3.41. The highest BCUT2D eigenvalue weighted by atomic mass is 13.5. The first-order valence-electron chi connectivity index (χ1n) is 1.95. The van der Waals surface area contributed by atoms with E-state index in [1.165, 1.54) is 0 Å². The summed E-state index contributed by atoms with van der Waals surface area (Å²) in [6, 6.07) is 0. The van der Waals surface area contributed by atoms with Crippen LogP contribution in [0.3, 0.4) is 0 Å². The summed E-state index contributed by atoms with van der Waals surface area (Å²) in [5.41, 5.74) is 0. The van der Waals surface area contributed by atoms with Crippen molar-refractivity contribution in [3.05, 3.63) is 12.2 Å². The van der Waals surface area contributed by atoms with E-state index in [4.69, 9.17) is 6.42 Å². The minimum atomic E-state index is 1.57. The van der Waals surface area contributed by atoms with Crippen LogP contribution in [0, 0.1) is 24.2 Å². The highest BCUT2D eigenvalue weighted by Crippen LogP contribution is 1.62. The van der Waals surface area contributed by atoms with E-state index in [1.54, 1.807) is 19.1 Å². The molecular weight excluding hydrogens is 84.1 g/mol.